The van der Waals surface area contributed by atoms with Gasteiger partial charge in [-0.1, -0.05) is 90.9 Å². The Kier molecular flexibility index (Phi) is 20.4. The highest BCUT2D eigenvalue weighted by Gasteiger charge is 2.26. The normalized spacial score (nSPS) is 14.6. The van der Waals surface area contributed by atoms with Gasteiger partial charge in [-0.15, -0.1) is 0 Å². The van der Waals surface area contributed by atoms with Crippen molar-refractivity contribution in [2.75, 3.05) is 53.7 Å². The molecule has 0 fully saturated rings. The first-order valence-corrected chi connectivity index (χ1v) is 15.4. The highest BCUT2D eigenvalue weighted by molar-refractivity contribution is 7.52. The maximum absolute atomic E-state index is 12.3. The average molecular weight is 509 g/mol. The van der Waals surface area contributed by atoms with E-state index in [9.17, 15) is 14.3 Å². The summed E-state index contributed by atoms with van der Waals surface area (Å²) in [5.41, 5.74) is 0. The molecule has 2 unspecified atom stereocenters. The van der Waals surface area contributed by atoms with Crippen LogP contribution < -0.4 is 0 Å². The van der Waals surface area contributed by atoms with Crippen molar-refractivity contribution in [3.05, 3.63) is 0 Å². The lowest BCUT2D eigenvalue weighted by Crippen LogP contribution is -2.37. The smallest absolute Gasteiger partial charge is 0.333 e. The molecule has 0 aliphatic carbocycles. The van der Waals surface area contributed by atoms with Crippen molar-refractivity contribution in [2.45, 2.75) is 110 Å². The van der Waals surface area contributed by atoms with Crippen molar-refractivity contribution < 1.29 is 32.7 Å². The van der Waals surface area contributed by atoms with E-state index in [0.717, 1.165) is 12.8 Å². The number of ether oxygens (including phenoxy) is 2. The molecule has 8 heteroatoms. The first-order chi connectivity index (χ1) is 16.1. The van der Waals surface area contributed by atoms with Crippen LogP contribution in [-0.2, 0) is 23.4 Å². The van der Waals surface area contributed by atoms with Crippen LogP contribution in [0, 0.1) is 0 Å². The maximum Gasteiger partial charge on any atom is 0.333 e. The molecule has 0 aliphatic heterocycles. The molecule has 0 aromatic heterocycles. The van der Waals surface area contributed by atoms with Gasteiger partial charge in [0.05, 0.1) is 47.1 Å². The molecule has 204 valence electrons. The fraction of sp³-hybridized carbons (Fsp3) is 0.962. The van der Waals surface area contributed by atoms with Crippen LogP contribution in [0.15, 0.2) is 0 Å². The maximum atomic E-state index is 12.3. The Labute approximate surface area is 210 Å². The molecule has 0 aliphatic rings. The summed E-state index contributed by atoms with van der Waals surface area (Å²) in [4.78, 5) is 21.8. The van der Waals surface area contributed by atoms with E-state index >= 15 is 0 Å². The Morgan fingerprint density at radius 1 is 0.824 bits per heavy atom. The third-order valence-electron chi connectivity index (χ3n) is 5.80. The van der Waals surface area contributed by atoms with Gasteiger partial charge < -0.3 is 23.4 Å². The van der Waals surface area contributed by atoms with Crippen LogP contribution in [0.1, 0.15) is 104 Å². The van der Waals surface area contributed by atoms with Crippen molar-refractivity contribution in [3.63, 3.8) is 0 Å². The molecule has 7 nitrogen and oxygen atoms in total. The highest BCUT2D eigenvalue weighted by atomic mass is 31.2. The van der Waals surface area contributed by atoms with E-state index in [1.54, 1.807) is 6.92 Å². The molecule has 0 amide bonds. The van der Waals surface area contributed by atoms with E-state index in [-0.39, 0.29) is 31.8 Å². The van der Waals surface area contributed by atoms with Gasteiger partial charge in [-0.3, -0.25) is 9.36 Å². The largest absolute Gasteiger partial charge is 0.457 e. The van der Waals surface area contributed by atoms with Gasteiger partial charge in [-0.05, 0) is 6.42 Å². The fourth-order valence-electron chi connectivity index (χ4n) is 3.51. The number of hydrogen-bond acceptors (Lipinski definition) is 5. The Morgan fingerprint density at radius 2 is 1.32 bits per heavy atom. The van der Waals surface area contributed by atoms with Crippen LogP contribution in [-0.4, -0.2) is 75.1 Å². The average Bonchev–Trinajstić information content (AvgIpc) is 2.78. The second-order valence-electron chi connectivity index (χ2n) is 10.5. The number of unbranched alkanes of at least 4 members (excludes halogenated alkanes) is 12. The van der Waals surface area contributed by atoms with Crippen molar-refractivity contribution >= 4 is 13.6 Å². The summed E-state index contributed by atoms with van der Waals surface area (Å²) in [5, 5.41) is 0. The molecule has 0 saturated heterocycles. The number of hydrogen-bond donors (Lipinski definition) is 1. The van der Waals surface area contributed by atoms with Crippen LogP contribution >= 0.6 is 7.60 Å². The number of quaternary nitrogens is 1. The van der Waals surface area contributed by atoms with Crippen LogP contribution in [0.2, 0.25) is 0 Å². The minimum atomic E-state index is -3.73. The number of carbonyl (C=O) groups excluding carboxylic acids is 1. The summed E-state index contributed by atoms with van der Waals surface area (Å²) in [6.45, 7) is 5.13. The molecule has 0 aromatic carbocycles. The summed E-state index contributed by atoms with van der Waals surface area (Å²) in [6, 6.07) is 0. The van der Waals surface area contributed by atoms with E-state index in [2.05, 4.69) is 6.92 Å². The summed E-state index contributed by atoms with van der Waals surface area (Å²) >= 11 is 0. The second-order valence-corrected chi connectivity index (χ2v) is 12.4. The summed E-state index contributed by atoms with van der Waals surface area (Å²) in [7, 11) is 2.13. The van der Waals surface area contributed by atoms with Gasteiger partial charge in [0, 0.05) is 13.0 Å². The summed E-state index contributed by atoms with van der Waals surface area (Å²) in [6.07, 6.45) is 16.5. The van der Waals surface area contributed by atoms with Crippen molar-refractivity contribution in [3.8, 4) is 0 Å². The molecule has 0 saturated carbocycles. The van der Waals surface area contributed by atoms with E-state index in [1.807, 2.05) is 21.1 Å². The first kappa shape index (κ1) is 33.5. The van der Waals surface area contributed by atoms with Gasteiger partial charge in [0.2, 0.25) is 0 Å². The molecular weight excluding hydrogens is 453 g/mol. The Balaban J connectivity index is 3.90. The molecule has 1 N–H and O–H groups in total. The lowest BCUT2D eigenvalue weighted by atomic mass is 10.0. The van der Waals surface area contributed by atoms with E-state index in [1.165, 1.54) is 70.6 Å². The third-order valence-corrected chi connectivity index (χ3v) is 7.12. The number of esters is 1. The zero-order valence-corrected chi connectivity index (χ0v) is 23.8. The summed E-state index contributed by atoms with van der Waals surface area (Å²) < 4.78 is 29.1. The SMILES string of the molecule is CCCCCCCCCCCCCCCOCC(COP(=O)(O)CC[N+](C)(C)C)OC(=O)CC. The third kappa shape index (κ3) is 23.3. The predicted octanol–water partition coefficient (Wildman–Crippen LogP) is 6.32. The molecule has 2 atom stereocenters. The zero-order valence-electron chi connectivity index (χ0n) is 22.9. The Bertz CT molecular complexity index is 538. The van der Waals surface area contributed by atoms with Crippen molar-refractivity contribution in [2.24, 2.45) is 0 Å². The minimum absolute atomic E-state index is 0.0603. The highest BCUT2D eigenvalue weighted by Crippen LogP contribution is 2.41. The van der Waals surface area contributed by atoms with E-state index in [0.29, 0.717) is 17.6 Å². The lowest BCUT2D eigenvalue weighted by Gasteiger charge is -2.25. The number of nitrogens with zero attached hydrogens (tertiary/aromatic N) is 1. The van der Waals surface area contributed by atoms with E-state index in [4.69, 9.17) is 14.0 Å². The van der Waals surface area contributed by atoms with Crippen molar-refractivity contribution in [1.82, 2.24) is 0 Å². The summed E-state index contributed by atoms with van der Waals surface area (Å²) in [5.74, 6) is -0.364. The minimum Gasteiger partial charge on any atom is -0.457 e. The van der Waals surface area contributed by atoms with Gasteiger partial charge in [-0.2, -0.15) is 0 Å². The molecule has 0 aromatic rings. The molecule has 0 spiro atoms. The monoisotopic (exact) mass is 508 g/mol. The van der Waals surface area contributed by atoms with Crippen LogP contribution in [0.3, 0.4) is 0 Å². The molecule has 34 heavy (non-hydrogen) atoms. The number of rotatable bonds is 24. The zero-order chi connectivity index (χ0) is 25.7. The molecule has 0 rings (SSSR count). The molecule has 0 bridgehead atoms. The van der Waals surface area contributed by atoms with E-state index < -0.39 is 13.7 Å². The molecule has 0 radical (unpaired) electrons. The topological polar surface area (TPSA) is 82.1 Å². The van der Waals surface area contributed by atoms with Gasteiger partial charge in [0.25, 0.3) is 0 Å². The van der Waals surface area contributed by atoms with Crippen LogP contribution in [0.25, 0.3) is 0 Å². The molecular formula is C26H55NO6P+. The molecule has 0 heterocycles. The van der Waals surface area contributed by atoms with Crippen LogP contribution in [0.4, 0.5) is 0 Å². The van der Waals surface area contributed by atoms with Crippen molar-refractivity contribution in [1.29, 1.82) is 0 Å². The van der Waals surface area contributed by atoms with Gasteiger partial charge in [-0.25, -0.2) is 0 Å². The standard InChI is InChI=1S/C26H54NO6P/c1-6-8-9-10-11-12-13-14-15-16-17-18-19-21-31-23-25(33-26(28)7-2)24-32-34(29,30)22-20-27(3,4)5/h25H,6-24H2,1-5H3/p+1. The Hall–Kier alpha value is -0.460. The predicted molar refractivity (Wildman–Crippen MR) is 140 cm³/mol. The Morgan fingerprint density at radius 3 is 1.79 bits per heavy atom. The van der Waals surface area contributed by atoms with Gasteiger partial charge in [0.15, 0.2) is 0 Å². The van der Waals surface area contributed by atoms with Gasteiger partial charge in [0.1, 0.15) is 6.10 Å². The second kappa shape index (κ2) is 20.7. The first-order valence-electron chi connectivity index (χ1n) is 13.6. The van der Waals surface area contributed by atoms with Crippen LogP contribution in [0.5, 0.6) is 0 Å². The van der Waals surface area contributed by atoms with Gasteiger partial charge >= 0.3 is 13.6 Å². The quantitative estimate of drug-likeness (QED) is 0.0711. The fourth-order valence-corrected chi connectivity index (χ4v) is 4.89. The lowest BCUT2D eigenvalue weighted by molar-refractivity contribution is -0.867. The number of carbonyl (C=O) groups is 1.